The molecule has 4 nitrogen and oxygen atoms in total. The van der Waals surface area contributed by atoms with Crippen LogP contribution >= 0.6 is 0 Å². The van der Waals surface area contributed by atoms with Crippen molar-refractivity contribution >= 4 is 6.09 Å². The Kier molecular flexibility index (Phi) is 4.29. The lowest BCUT2D eigenvalue weighted by molar-refractivity contribution is 0.195. The van der Waals surface area contributed by atoms with E-state index in [1.54, 1.807) is 13.0 Å². The number of hydrogen-bond acceptors (Lipinski definition) is 2. The molecule has 1 N–H and O–H groups in total. The maximum atomic E-state index is 12.2. The number of carboxylic acid groups (broad SMARTS) is 1. The van der Waals surface area contributed by atoms with Crippen molar-refractivity contribution < 1.29 is 9.90 Å². The van der Waals surface area contributed by atoms with Crippen LogP contribution in [0.25, 0.3) is 11.1 Å². The van der Waals surface area contributed by atoms with Crippen LogP contribution in [0.2, 0.25) is 0 Å². The zero-order valence-electron chi connectivity index (χ0n) is 13.3. The van der Waals surface area contributed by atoms with Crippen molar-refractivity contribution in [2.75, 3.05) is 0 Å². The lowest BCUT2D eigenvalue weighted by atomic mass is 9.97. The highest BCUT2D eigenvalue weighted by molar-refractivity contribution is 5.72. The molecule has 4 heteroatoms. The highest BCUT2D eigenvalue weighted by Gasteiger charge is 2.11. The number of benzene rings is 2. The van der Waals surface area contributed by atoms with Crippen LogP contribution in [0, 0.1) is 6.92 Å². The van der Waals surface area contributed by atoms with Gasteiger partial charge in [0, 0.05) is 11.8 Å². The lowest BCUT2D eigenvalue weighted by Gasteiger charge is -2.10. The molecule has 0 amide bonds. The van der Waals surface area contributed by atoms with Gasteiger partial charge in [0.25, 0.3) is 5.56 Å². The van der Waals surface area contributed by atoms with Crippen LogP contribution in [0.4, 0.5) is 4.79 Å². The number of pyridine rings is 1. The summed E-state index contributed by atoms with van der Waals surface area (Å²) in [5, 5.41) is 9.02. The van der Waals surface area contributed by atoms with E-state index in [1.165, 1.54) is 11.8 Å². The zero-order chi connectivity index (χ0) is 17.1. The average molecular weight is 319 g/mol. The molecule has 0 fully saturated rings. The van der Waals surface area contributed by atoms with Crippen LogP contribution in [0.15, 0.2) is 71.7 Å². The Balaban J connectivity index is 1.99. The second-order valence-corrected chi connectivity index (χ2v) is 5.67. The monoisotopic (exact) mass is 319 g/mol. The minimum Gasteiger partial charge on any atom is -0.464 e. The minimum absolute atomic E-state index is 0.428. The van der Waals surface area contributed by atoms with E-state index in [1.807, 2.05) is 42.5 Å². The maximum Gasteiger partial charge on any atom is 0.418 e. The standard InChI is InChI=1S/C20H17NO3/c1-14-18(10-11-21(19(14)22)20(23)24)17-9-5-8-16(13-17)12-15-6-3-2-4-7-15/h2-11,13H,12H2,1H3,(H,23,24). The van der Waals surface area contributed by atoms with E-state index < -0.39 is 11.7 Å². The van der Waals surface area contributed by atoms with Gasteiger partial charge in [-0.25, -0.2) is 9.36 Å². The Morgan fingerprint density at radius 2 is 1.71 bits per heavy atom. The van der Waals surface area contributed by atoms with E-state index in [-0.39, 0.29) is 0 Å². The second kappa shape index (κ2) is 6.54. The van der Waals surface area contributed by atoms with Gasteiger partial charge in [0.05, 0.1) is 0 Å². The van der Waals surface area contributed by atoms with Gasteiger partial charge >= 0.3 is 6.09 Å². The molecule has 1 aromatic heterocycles. The van der Waals surface area contributed by atoms with Crippen molar-refractivity contribution in [3.8, 4) is 11.1 Å². The first-order chi connectivity index (χ1) is 11.6. The molecule has 2 aromatic carbocycles. The maximum absolute atomic E-state index is 12.2. The van der Waals surface area contributed by atoms with Crippen molar-refractivity contribution in [2.24, 2.45) is 0 Å². The molecule has 3 rings (SSSR count). The van der Waals surface area contributed by atoms with Gasteiger partial charge in [0.15, 0.2) is 0 Å². The van der Waals surface area contributed by atoms with Gasteiger partial charge in [0.1, 0.15) is 0 Å². The van der Waals surface area contributed by atoms with E-state index in [4.69, 9.17) is 5.11 Å². The summed E-state index contributed by atoms with van der Waals surface area (Å²) in [7, 11) is 0. The summed E-state index contributed by atoms with van der Waals surface area (Å²) >= 11 is 0. The third-order valence-electron chi connectivity index (χ3n) is 4.03. The Hall–Kier alpha value is -3.14. The molecule has 0 bridgehead atoms. The normalized spacial score (nSPS) is 10.5. The number of rotatable bonds is 3. The number of nitrogens with zero attached hydrogens (tertiary/aromatic N) is 1. The molecule has 1 heterocycles. The largest absolute Gasteiger partial charge is 0.464 e. The van der Waals surface area contributed by atoms with Gasteiger partial charge in [-0.15, -0.1) is 0 Å². The van der Waals surface area contributed by atoms with Crippen molar-refractivity contribution in [1.29, 1.82) is 0 Å². The van der Waals surface area contributed by atoms with Crippen LogP contribution < -0.4 is 5.56 Å². The summed E-state index contributed by atoms with van der Waals surface area (Å²) in [4.78, 5) is 23.2. The highest BCUT2D eigenvalue weighted by Crippen LogP contribution is 2.23. The number of hydrogen-bond donors (Lipinski definition) is 1. The second-order valence-electron chi connectivity index (χ2n) is 5.67. The van der Waals surface area contributed by atoms with Crippen LogP contribution in [-0.2, 0) is 6.42 Å². The Morgan fingerprint density at radius 3 is 2.42 bits per heavy atom. The molecular weight excluding hydrogens is 302 g/mol. The van der Waals surface area contributed by atoms with Gasteiger partial charge in [-0.3, -0.25) is 4.79 Å². The summed E-state index contributed by atoms with van der Waals surface area (Å²) < 4.78 is 0.701. The van der Waals surface area contributed by atoms with Crippen molar-refractivity contribution in [1.82, 2.24) is 4.57 Å². The van der Waals surface area contributed by atoms with Gasteiger partial charge in [-0.05, 0) is 41.7 Å². The molecular formula is C20H17NO3. The summed E-state index contributed by atoms with van der Waals surface area (Å²) in [6.45, 7) is 1.65. The van der Waals surface area contributed by atoms with Gasteiger partial charge in [-0.2, -0.15) is 0 Å². The van der Waals surface area contributed by atoms with E-state index in [9.17, 15) is 9.59 Å². The summed E-state index contributed by atoms with van der Waals surface area (Å²) in [6.07, 6.45) is 0.837. The Bertz CT molecular complexity index is 943. The molecule has 3 aromatic rings. The van der Waals surface area contributed by atoms with E-state index in [2.05, 4.69) is 12.1 Å². The van der Waals surface area contributed by atoms with Crippen molar-refractivity contribution in [3.05, 3.63) is 93.9 Å². The first-order valence-corrected chi connectivity index (χ1v) is 7.65. The molecule has 0 radical (unpaired) electrons. The van der Waals surface area contributed by atoms with Crippen LogP contribution in [0.5, 0.6) is 0 Å². The first kappa shape index (κ1) is 15.7. The third kappa shape index (κ3) is 3.13. The molecule has 0 aliphatic carbocycles. The van der Waals surface area contributed by atoms with Gasteiger partial charge in [0.2, 0.25) is 0 Å². The predicted molar refractivity (Wildman–Crippen MR) is 93.5 cm³/mol. The molecule has 0 saturated heterocycles. The fourth-order valence-corrected chi connectivity index (χ4v) is 2.78. The Morgan fingerprint density at radius 1 is 1.00 bits per heavy atom. The SMILES string of the molecule is Cc1c(-c2cccc(Cc3ccccc3)c2)ccn(C(=O)O)c1=O. The minimum atomic E-state index is -1.27. The van der Waals surface area contributed by atoms with E-state index >= 15 is 0 Å². The summed E-state index contributed by atoms with van der Waals surface area (Å²) in [6, 6.07) is 19.8. The number of aromatic nitrogens is 1. The zero-order valence-corrected chi connectivity index (χ0v) is 13.3. The molecule has 0 unspecified atom stereocenters. The van der Waals surface area contributed by atoms with Crippen LogP contribution in [0.1, 0.15) is 16.7 Å². The molecule has 0 spiro atoms. The molecule has 0 aliphatic heterocycles. The molecule has 120 valence electrons. The lowest BCUT2D eigenvalue weighted by Crippen LogP contribution is -2.27. The van der Waals surface area contributed by atoms with Gasteiger partial charge in [-0.1, -0.05) is 54.6 Å². The Labute approximate surface area is 139 Å². The highest BCUT2D eigenvalue weighted by atomic mass is 16.4. The fourth-order valence-electron chi connectivity index (χ4n) is 2.78. The van der Waals surface area contributed by atoms with E-state index in [0.29, 0.717) is 10.1 Å². The fraction of sp³-hybridized carbons (Fsp3) is 0.100. The quantitative estimate of drug-likeness (QED) is 0.795. The molecule has 0 atom stereocenters. The van der Waals surface area contributed by atoms with Gasteiger partial charge < -0.3 is 5.11 Å². The third-order valence-corrected chi connectivity index (χ3v) is 4.03. The predicted octanol–water partition coefficient (Wildman–Crippen LogP) is 3.94. The van der Waals surface area contributed by atoms with Crippen LogP contribution in [-0.4, -0.2) is 15.8 Å². The summed E-state index contributed by atoms with van der Waals surface area (Å²) in [5.74, 6) is 0. The van der Waals surface area contributed by atoms with Crippen LogP contribution in [0.3, 0.4) is 0 Å². The first-order valence-electron chi connectivity index (χ1n) is 7.65. The number of carbonyl (C=O) groups is 1. The van der Waals surface area contributed by atoms with Crippen molar-refractivity contribution in [3.63, 3.8) is 0 Å². The molecule has 0 aliphatic rings. The molecule has 24 heavy (non-hydrogen) atoms. The van der Waals surface area contributed by atoms with Crippen molar-refractivity contribution in [2.45, 2.75) is 13.3 Å². The summed E-state index contributed by atoms with van der Waals surface area (Å²) in [5.41, 5.74) is 3.95. The topological polar surface area (TPSA) is 59.3 Å². The smallest absolute Gasteiger partial charge is 0.418 e. The molecule has 0 saturated carbocycles. The average Bonchev–Trinajstić information content (AvgIpc) is 2.58. The van der Waals surface area contributed by atoms with E-state index in [0.717, 1.165) is 23.1 Å².